The molecule has 2 fully saturated rings. The first kappa shape index (κ1) is 12.3. The van der Waals surface area contributed by atoms with Crippen molar-refractivity contribution in [3.8, 4) is 0 Å². The van der Waals surface area contributed by atoms with Crippen LogP contribution in [0.5, 0.6) is 0 Å². The minimum atomic E-state index is -0.533. The van der Waals surface area contributed by atoms with E-state index >= 15 is 0 Å². The molecule has 1 amide bonds. The molecule has 6 heteroatoms. The monoisotopic (exact) mass is 261 g/mol. The van der Waals surface area contributed by atoms with Crippen LogP contribution in [0.15, 0.2) is 12.1 Å². The van der Waals surface area contributed by atoms with Crippen LogP contribution in [0.4, 0.5) is 5.82 Å². The van der Waals surface area contributed by atoms with Gasteiger partial charge in [-0.15, -0.1) is 10.2 Å². The lowest BCUT2D eigenvalue weighted by molar-refractivity contribution is 0.0994. The summed E-state index contributed by atoms with van der Waals surface area (Å²) < 4.78 is 0. The molecule has 0 spiro atoms. The van der Waals surface area contributed by atoms with Gasteiger partial charge >= 0.3 is 0 Å². The lowest BCUT2D eigenvalue weighted by atomic mass is 10.0. The highest BCUT2D eigenvalue weighted by atomic mass is 16.1. The lowest BCUT2D eigenvalue weighted by Crippen LogP contribution is -2.44. The summed E-state index contributed by atoms with van der Waals surface area (Å²) in [6.45, 7) is 2.12. The molecule has 0 aliphatic carbocycles. The van der Waals surface area contributed by atoms with E-state index in [2.05, 4.69) is 20.4 Å². The van der Waals surface area contributed by atoms with Crippen LogP contribution in [0, 0.1) is 0 Å². The molecule has 0 bridgehead atoms. The van der Waals surface area contributed by atoms with Gasteiger partial charge in [-0.2, -0.15) is 0 Å². The van der Waals surface area contributed by atoms with Crippen LogP contribution in [0.1, 0.15) is 36.2 Å². The minimum absolute atomic E-state index is 0.221. The Labute approximate surface area is 112 Å². The molecule has 3 heterocycles. The third kappa shape index (κ3) is 2.40. The number of amides is 1. The number of carbonyl (C=O) groups excluding carboxylic acids is 1. The quantitative estimate of drug-likeness (QED) is 0.817. The molecule has 1 aromatic heterocycles. The first-order valence-electron chi connectivity index (χ1n) is 6.89. The van der Waals surface area contributed by atoms with E-state index in [0.717, 1.165) is 18.9 Å². The Kier molecular flexibility index (Phi) is 3.33. The SMILES string of the molecule is NC(=O)c1ccc(N2CCCC2C2CCCN2)nn1. The average Bonchev–Trinajstić information content (AvgIpc) is 3.09. The topological polar surface area (TPSA) is 84.1 Å². The highest BCUT2D eigenvalue weighted by Crippen LogP contribution is 2.28. The number of rotatable bonds is 3. The van der Waals surface area contributed by atoms with Crippen LogP contribution in [-0.2, 0) is 0 Å². The number of nitrogens with zero attached hydrogens (tertiary/aromatic N) is 3. The van der Waals surface area contributed by atoms with Crippen LogP contribution in [0.2, 0.25) is 0 Å². The highest BCUT2D eigenvalue weighted by Gasteiger charge is 2.34. The van der Waals surface area contributed by atoms with Crippen LogP contribution in [0.3, 0.4) is 0 Å². The fourth-order valence-electron chi connectivity index (χ4n) is 3.15. The fraction of sp³-hybridized carbons (Fsp3) is 0.615. The second kappa shape index (κ2) is 5.13. The van der Waals surface area contributed by atoms with Crippen molar-refractivity contribution in [3.63, 3.8) is 0 Å². The first-order chi connectivity index (χ1) is 9.25. The smallest absolute Gasteiger partial charge is 0.269 e. The number of aromatic nitrogens is 2. The van der Waals surface area contributed by atoms with Crippen molar-refractivity contribution in [3.05, 3.63) is 17.8 Å². The molecular weight excluding hydrogens is 242 g/mol. The van der Waals surface area contributed by atoms with E-state index in [1.165, 1.54) is 25.7 Å². The molecule has 6 nitrogen and oxygen atoms in total. The van der Waals surface area contributed by atoms with Gasteiger partial charge in [-0.3, -0.25) is 4.79 Å². The van der Waals surface area contributed by atoms with Gasteiger partial charge in [0.05, 0.1) is 0 Å². The molecule has 0 aromatic carbocycles. The number of carbonyl (C=O) groups is 1. The molecule has 0 radical (unpaired) electrons. The maximum Gasteiger partial charge on any atom is 0.269 e. The molecule has 2 aliphatic rings. The first-order valence-corrected chi connectivity index (χ1v) is 6.89. The molecule has 2 saturated heterocycles. The van der Waals surface area contributed by atoms with Gasteiger partial charge in [-0.05, 0) is 44.4 Å². The molecule has 1 aromatic rings. The Hall–Kier alpha value is -1.69. The van der Waals surface area contributed by atoms with Gasteiger partial charge in [-0.25, -0.2) is 0 Å². The number of anilines is 1. The predicted molar refractivity (Wildman–Crippen MR) is 71.9 cm³/mol. The van der Waals surface area contributed by atoms with Crippen molar-refractivity contribution in [1.82, 2.24) is 15.5 Å². The van der Waals surface area contributed by atoms with Gasteiger partial charge in [0.15, 0.2) is 11.5 Å². The predicted octanol–water partition coefficient (Wildman–Crippen LogP) is 0.296. The van der Waals surface area contributed by atoms with Crippen molar-refractivity contribution in [2.45, 2.75) is 37.8 Å². The largest absolute Gasteiger partial charge is 0.364 e. The molecule has 3 rings (SSSR count). The molecule has 0 saturated carbocycles. The molecule has 102 valence electrons. The molecule has 2 unspecified atom stereocenters. The van der Waals surface area contributed by atoms with Crippen molar-refractivity contribution < 1.29 is 4.79 Å². The van der Waals surface area contributed by atoms with E-state index in [9.17, 15) is 4.79 Å². The van der Waals surface area contributed by atoms with Gasteiger partial charge in [0.25, 0.3) is 5.91 Å². The van der Waals surface area contributed by atoms with Gasteiger partial charge < -0.3 is 16.0 Å². The van der Waals surface area contributed by atoms with E-state index in [1.54, 1.807) is 6.07 Å². The summed E-state index contributed by atoms with van der Waals surface area (Å²) in [5.41, 5.74) is 5.40. The number of nitrogens with one attached hydrogen (secondary N) is 1. The number of nitrogens with two attached hydrogens (primary N) is 1. The summed E-state index contributed by atoms with van der Waals surface area (Å²) in [5, 5.41) is 11.6. The second-order valence-corrected chi connectivity index (χ2v) is 5.25. The number of hydrogen-bond acceptors (Lipinski definition) is 5. The third-order valence-electron chi connectivity index (χ3n) is 4.06. The highest BCUT2D eigenvalue weighted by molar-refractivity contribution is 5.90. The van der Waals surface area contributed by atoms with Crippen molar-refractivity contribution in [1.29, 1.82) is 0 Å². The van der Waals surface area contributed by atoms with Gasteiger partial charge in [0, 0.05) is 18.6 Å². The van der Waals surface area contributed by atoms with Gasteiger partial charge in [0.2, 0.25) is 0 Å². The van der Waals surface area contributed by atoms with E-state index in [0.29, 0.717) is 12.1 Å². The van der Waals surface area contributed by atoms with E-state index in [1.807, 2.05) is 6.07 Å². The van der Waals surface area contributed by atoms with E-state index < -0.39 is 5.91 Å². The molecular formula is C13H19N5O. The Morgan fingerprint density at radius 2 is 2.21 bits per heavy atom. The lowest BCUT2D eigenvalue weighted by Gasteiger charge is -2.30. The zero-order valence-corrected chi connectivity index (χ0v) is 10.9. The third-order valence-corrected chi connectivity index (χ3v) is 4.06. The number of primary amides is 1. The van der Waals surface area contributed by atoms with Gasteiger partial charge in [-0.1, -0.05) is 0 Å². The minimum Gasteiger partial charge on any atom is -0.364 e. The molecule has 2 atom stereocenters. The van der Waals surface area contributed by atoms with E-state index in [-0.39, 0.29) is 5.69 Å². The zero-order chi connectivity index (χ0) is 13.2. The second-order valence-electron chi connectivity index (χ2n) is 5.25. The van der Waals surface area contributed by atoms with Crippen LogP contribution in [-0.4, -0.2) is 41.3 Å². The zero-order valence-electron chi connectivity index (χ0n) is 10.9. The maximum absolute atomic E-state index is 11.0. The van der Waals surface area contributed by atoms with Crippen molar-refractivity contribution in [2.75, 3.05) is 18.0 Å². The molecule has 3 N–H and O–H groups in total. The Balaban J connectivity index is 1.78. The Morgan fingerprint density at radius 3 is 2.84 bits per heavy atom. The van der Waals surface area contributed by atoms with Crippen LogP contribution in [0.25, 0.3) is 0 Å². The molecule has 19 heavy (non-hydrogen) atoms. The summed E-state index contributed by atoms with van der Waals surface area (Å²) >= 11 is 0. The summed E-state index contributed by atoms with van der Waals surface area (Å²) in [4.78, 5) is 13.3. The maximum atomic E-state index is 11.0. The average molecular weight is 261 g/mol. The molecule has 2 aliphatic heterocycles. The van der Waals surface area contributed by atoms with Crippen molar-refractivity contribution in [2.24, 2.45) is 5.73 Å². The summed E-state index contributed by atoms with van der Waals surface area (Å²) in [7, 11) is 0. The Bertz CT molecular complexity index is 455. The van der Waals surface area contributed by atoms with Crippen molar-refractivity contribution >= 4 is 11.7 Å². The fourth-order valence-corrected chi connectivity index (χ4v) is 3.15. The normalized spacial score (nSPS) is 26.8. The standard InChI is InChI=1S/C13H19N5O/c14-13(19)10-5-6-12(17-16-10)18-8-2-4-11(18)9-3-1-7-15-9/h5-6,9,11,15H,1-4,7-8H2,(H2,14,19). The van der Waals surface area contributed by atoms with E-state index in [4.69, 9.17) is 5.73 Å². The van der Waals surface area contributed by atoms with Crippen LogP contribution >= 0.6 is 0 Å². The van der Waals surface area contributed by atoms with Gasteiger partial charge in [0.1, 0.15) is 0 Å². The summed E-state index contributed by atoms with van der Waals surface area (Å²) in [6.07, 6.45) is 4.86. The van der Waals surface area contributed by atoms with Crippen LogP contribution < -0.4 is 16.0 Å². The number of hydrogen-bond donors (Lipinski definition) is 2. The Morgan fingerprint density at radius 1 is 1.32 bits per heavy atom. The summed E-state index contributed by atoms with van der Waals surface area (Å²) in [6, 6.07) is 4.55. The summed E-state index contributed by atoms with van der Waals surface area (Å²) in [5.74, 6) is 0.315.